The quantitative estimate of drug-likeness (QED) is 0.624. The Balaban J connectivity index is 2.03. The molecular formula is C19H24BN3O2. The number of hydrogen-bond acceptors (Lipinski definition) is 4. The summed E-state index contributed by atoms with van der Waals surface area (Å²) < 4.78 is 14.3. The van der Waals surface area contributed by atoms with E-state index in [0.717, 1.165) is 28.1 Å². The lowest BCUT2D eigenvalue weighted by Gasteiger charge is -2.32. The zero-order valence-electron chi connectivity index (χ0n) is 16.0. The molecule has 1 saturated heterocycles. The molecule has 5 nitrogen and oxygen atoms in total. The van der Waals surface area contributed by atoms with Crippen molar-refractivity contribution in [3.8, 4) is 17.5 Å². The minimum absolute atomic E-state index is 0.378. The molecule has 0 bridgehead atoms. The van der Waals surface area contributed by atoms with Crippen molar-refractivity contribution in [1.82, 2.24) is 14.8 Å². The van der Waals surface area contributed by atoms with Crippen molar-refractivity contribution in [2.45, 2.75) is 59.7 Å². The van der Waals surface area contributed by atoms with E-state index in [-0.39, 0.29) is 11.2 Å². The highest BCUT2D eigenvalue weighted by atomic mass is 16.7. The topological polar surface area (TPSA) is 49.2 Å². The number of aromatic nitrogens is 3. The molecule has 3 rings (SSSR count). The zero-order chi connectivity index (χ0) is 18.4. The van der Waals surface area contributed by atoms with Gasteiger partial charge in [0.25, 0.3) is 0 Å². The van der Waals surface area contributed by atoms with Gasteiger partial charge in [0.1, 0.15) is 0 Å². The molecule has 0 spiro atoms. The standard InChI is InChI=1S/C19H24BN3O2/c1-8-9-15-10-16(12-21-11-15)23-14(3)17(13(2)22-23)20-24-18(4,5)19(6,7)25-20/h10-12H,1-7H3. The number of pyridine rings is 1. The lowest BCUT2D eigenvalue weighted by molar-refractivity contribution is 0.00578. The van der Waals surface area contributed by atoms with Crippen LogP contribution >= 0.6 is 0 Å². The van der Waals surface area contributed by atoms with E-state index in [0.29, 0.717) is 0 Å². The van der Waals surface area contributed by atoms with Crippen LogP contribution in [0.1, 0.15) is 51.6 Å². The lowest BCUT2D eigenvalue weighted by Crippen LogP contribution is -2.41. The van der Waals surface area contributed by atoms with Gasteiger partial charge in [-0.05, 0) is 54.5 Å². The average Bonchev–Trinajstić information content (AvgIpc) is 2.92. The van der Waals surface area contributed by atoms with Crippen LogP contribution in [0.25, 0.3) is 5.69 Å². The number of hydrogen-bond donors (Lipinski definition) is 0. The molecule has 0 radical (unpaired) electrons. The minimum atomic E-state index is -0.426. The van der Waals surface area contributed by atoms with Gasteiger partial charge in [-0.1, -0.05) is 5.92 Å². The largest absolute Gasteiger partial charge is 0.498 e. The molecule has 1 aliphatic rings. The summed E-state index contributed by atoms with van der Waals surface area (Å²) in [6, 6.07) is 1.98. The molecule has 0 N–H and O–H groups in total. The minimum Gasteiger partial charge on any atom is -0.399 e. The molecular weight excluding hydrogens is 313 g/mol. The Morgan fingerprint density at radius 2 is 1.72 bits per heavy atom. The van der Waals surface area contributed by atoms with Crippen LogP contribution in [0.15, 0.2) is 18.5 Å². The highest BCUT2D eigenvalue weighted by molar-refractivity contribution is 6.63. The van der Waals surface area contributed by atoms with E-state index in [9.17, 15) is 0 Å². The second kappa shape index (κ2) is 6.01. The highest BCUT2D eigenvalue weighted by Gasteiger charge is 2.53. The third-order valence-corrected chi connectivity index (χ3v) is 5.07. The van der Waals surface area contributed by atoms with Crippen LogP contribution in [0.3, 0.4) is 0 Å². The van der Waals surface area contributed by atoms with Gasteiger partial charge in [0, 0.05) is 22.9 Å². The first-order valence-corrected chi connectivity index (χ1v) is 8.46. The maximum Gasteiger partial charge on any atom is 0.498 e. The SMILES string of the molecule is CC#Cc1cncc(-n2nc(C)c(B3OC(C)(C)C(C)(C)O3)c2C)c1. The first-order valence-electron chi connectivity index (χ1n) is 8.46. The number of nitrogens with zero attached hydrogens (tertiary/aromatic N) is 3. The lowest BCUT2D eigenvalue weighted by atomic mass is 9.77. The van der Waals surface area contributed by atoms with Gasteiger partial charge in [-0.25, -0.2) is 4.68 Å². The van der Waals surface area contributed by atoms with Gasteiger partial charge in [-0.15, -0.1) is 5.92 Å². The number of rotatable bonds is 2. The summed E-state index contributed by atoms with van der Waals surface area (Å²) >= 11 is 0. The average molecular weight is 337 g/mol. The molecule has 1 fully saturated rings. The maximum absolute atomic E-state index is 6.21. The van der Waals surface area contributed by atoms with E-state index in [2.05, 4.69) is 44.5 Å². The van der Waals surface area contributed by atoms with E-state index in [1.165, 1.54) is 0 Å². The van der Waals surface area contributed by atoms with Crippen LogP contribution in [0.2, 0.25) is 0 Å². The van der Waals surface area contributed by atoms with Gasteiger partial charge >= 0.3 is 7.12 Å². The van der Waals surface area contributed by atoms with E-state index in [1.54, 1.807) is 12.4 Å². The second-order valence-corrected chi connectivity index (χ2v) is 7.39. The normalized spacial score (nSPS) is 18.1. The first-order chi connectivity index (χ1) is 11.7. The van der Waals surface area contributed by atoms with Crippen molar-refractivity contribution < 1.29 is 9.31 Å². The summed E-state index contributed by atoms with van der Waals surface area (Å²) in [7, 11) is -0.426. The van der Waals surface area contributed by atoms with Gasteiger partial charge in [0.2, 0.25) is 0 Å². The third kappa shape index (κ3) is 2.99. The van der Waals surface area contributed by atoms with Gasteiger partial charge in [-0.3, -0.25) is 4.98 Å². The van der Waals surface area contributed by atoms with Crippen molar-refractivity contribution in [3.63, 3.8) is 0 Å². The molecule has 0 unspecified atom stereocenters. The fraction of sp³-hybridized carbons (Fsp3) is 0.474. The summed E-state index contributed by atoms with van der Waals surface area (Å²) in [4.78, 5) is 4.28. The summed E-state index contributed by atoms with van der Waals surface area (Å²) in [5, 5.41) is 4.69. The Hall–Kier alpha value is -2.10. The molecule has 0 saturated carbocycles. The van der Waals surface area contributed by atoms with E-state index in [1.807, 2.05) is 31.5 Å². The Bertz CT molecular complexity index is 859. The van der Waals surface area contributed by atoms with Crippen LogP contribution in [0.5, 0.6) is 0 Å². The molecule has 0 atom stereocenters. The molecule has 0 aliphatic carbocycles. The van der Waals surface area contributed by atoms with E-state index < -0.39 is 7.12 Å². The van der Waals surface area contributed by atoms with Gasteiger partial charge in [0.15, 0.2) is 0 Å². The van der Waals surface area contributed by atoms with Gasteiger partial charge in [-0.2, -0.15) is 5.10 Å². The molecule has 2 aromatic rings. The first kappa shape index (κ1) is 17.7. The van der Waals surface area contributed by atoms with Crippen molar-refractivity contribution >= 4 is 12.6 Å². The van der Waals surface area contributed by atoms with Gasteiger partial charge in [0.05, 0.1) is 28.8 Å². The smallest absolute Gasteiger partial charge is 0.399 e. The van der Waals surface area contributed by atoms with Crippen molar-refractivity contribution in [1.29, 1.82) is 0 Å². The van der Waals surface area contributed by atoms with E-state index in [4.69, 9.17) is 14.4 Å². The Morgan fingerprint density at radius 1 is 1.08 bits per heavy atom. The monoisotopic (exact) mass is 337 g/mol. The van der Waals surface area contributed by atoms with Crippen molar-refractivity contribution in [3.05, 3.63) is 35.4 Å². The fourth-order valence-corrected chi connectivity index (χ4v) is 2.96. The van der Waals surface area contributed by atoms with Crippen LogP contribution in [-0.2, 0) is 9.31 Å². The molecule has 25 heavy (non-hydrogen) atoms. The van der Waals surface area contributed by atoms with Crippen LogP contribution in [0.4, 0.5) is 0 Å². The molecule has 6 heteroatoms. The predicted molar refractivity (Wildman–Crippen MR) is 99.1 cm³/mol. The van der Waals surface area contributed by atoms with Crippen molar-refractivity contribution in [2.24, 2.45) is 0 Å². The maximum atomic E-state index is 6.21. The van der Waals surface area contributed by atoms with Crippen LogP contribution in [0, 0.1) is 25.7 Å². The second-order valence-electron chi connectivity index (χ2n) is 7.39. The predicted octanol–water partition coefficient (Wildman–Crippen LogP) is 2.55. The molecule has 1 aliphatic heterocycles. The Kier molecular flexibility index (Phi) is 4.26. The van der Waals surface area contributed by atoms with Crippen LogP contribution < -0.4 is 5.46 Å². The summed E-state index contributed by atoms with van der Waals surface area (Å²) in [5.74, 6) is 5.93. The zero-order valence-corrected chi connectivity index (χ0v) is 16.0. The summed E-state index contributed by atoms with van der Waals surface area (Å²) in [6.07, 6.45) is 3.54. The molecule has 0 aromatic carbocycles. The Morgan fingerprint density at radius 3 is 2.32 bits per heavy atom. The third-order valence-electron chi connectivity index (χ3n) is 5.07. The number of aryl methyl sites for hydroxylation is 1. The van der Waals surface area contributed by atoms with Crippen LogP contribution in [-0.4, -0.2) is 33.1 Å². The van der Waals surface area contributed by atoms with E-state index >= 15 is 0 Å². The highest BCUT2D eigenvalue weighted by Crippen LogP contribution is 2.37. The fourth-order valence-electron chi connectivity index (χ4n) is 2.96. The molecule has 0 amide bonds. The summed E-state index contributed by atoms with van der Waals surface area (Å²) in [5.41, 5.74) is 3.84. The van der Waals surface area contributed by atoms with Gasteiger partial charge < -0.3 is 9.31 Å². The summed E-state index contributed by atoms with van der Waals surface area (Å²) in [6.45, 7) is 14.0. The molecule has 3 heterocycles. The Labute approximate surface area is 149 Å². The molecule has 130 valence electrons. The molecule has 2 aromatic heterocycles. The van der Waals surface area contributed by atoms with Crippen molar-refractivity contribution in [2.75, 3.05) is 0 Å².